The van der Waals surface area contributed by atoms with Gasteiger partial charge in [-0.1, -0.05) is 37.9 Å². The first-order valence-corrected chi connectivity index (χ1v) is 6.72. The van der Waals surface area contributed by atoms with Gasteiger partial charge in [0, 0.05) is 11.1 Å². The molecule has 0 saturated heterocycles. The highest BCUT2D eigenvalue weighted by molar-refractivity contribution is 6.30. The Kier molecular flexibility index (Phi) is 6.53. The van der Waals surface area contributed by atoms with E-state index in [1.165, 1.54) is 6.07 Å². The highest BCUT2D eigenvalue weighted by Gasteiger charge is 2.08. The molecule has 17 heavy (non-hydrogen) atoms. The molecule has 0 saturated carbocycles. The lowest BCUT2D eigenvalue weighted by Crippen LogP contribution is -2.29. The normalized spacial score (nSPS) is 12.7. The first kappa shape index (κ1) is 14.5. The van der Waals surface area contributed by atoms with E-state index >= 15 is 0 Å². The van der Waals surface area contributed by atoms with Gasteiger partial charge in [-0.15, -0.1) is 0 Å². The molecule has 0 bridgehead atoms. The highest BCUT2D eigenvalue weighted by atomic mass is 35.5. The zero-order valence-electron chi connectivity index (χ0n) is 10.6. The fraction of sp³-hybridized carbons (Fsp3) is 0.571. The van der Waals surface area contributed by atoms with Crippen LogP contribution in [0.25, 0.3) is 0 Å². The van der Waals surface area contributed by atoms with Gasteiger partial charge >= 0.3 is 0 Å². The van der Waals surface area contributed by atoms with E-state index < -0.39 is 0 Å². The molecule has 1 aromatic carbocycles. The molecule has 1 atom stereocenters. The average Bonchev–Trinajstić information content (AvgIpc) is 2.28. The van der Waals surface area contributed by atoms with Crippen LogP contribution in [-0.4, -0.2) is 12.6 Å². The third-order valence-corrected chi connectivity index (χ3v) is 3.14. The number of hydrogen-bond acceptors (Lipinski definition) is 1. The molecule has 3 heteroatoms. The minimum atomic E-state index is -0.191. The Morgan fingerprint density at radius 2 is 2.06 bits per heavy atom. The molecule has 1 rings (SSSR count). The summed E-state index contributed by atoms with van der Waals surface area (Å²) < 4.78 is 13.6. The van der Waals surface area contributed by atoms with Crippen LogP contribution in [-0.2, 0) is 6.42 Å². The molecular formula is C14H21ClFN. The van der Waals surface area contributed by atoms with Crippen LogP contribution in [0.4, 0.5) is 4.39 Å². The number of nitrogens with one attached hydrogen (secondary N) is 1. The van der Waals surface area contributed by atoms with Crippen LogP contribution in [0.3, 0.4) is 0 Å². The van der Waals surface area contributed by atoms with E-state index in [0.29, 0.717) is 11.1 Å². The molecule has 0 aliphatic heterocycles. The van der Waals surface area contributed by atoms with E-state index in [4.69, 9.17) is 11.6 Å². The number of rotatable bonds is 7. The van der Waals surface area contributed by atoms with E-state index in [-0.39, 0.29) is 5.82 Å². The van der Waals surface area contributed by atoms with Gasteiger partial charge in [0.2, 0.25) is 0 Å². The van der Waals surface area contributed by atoms with Gasteiger partial charge in [0.15, 0.2) is 0 Å². The molecule has 0 aromatic heterocycles. The summed E-state index contributed by atoms with van der Waals surface area (Å²) in [4.78, 5) is 0. The maximum absolute atomic E-state index is 13.6. The molecule has 1 N–H and O–H groups in total. The fourth-order valence-corrected chi connectivity index (χ4v) is 2.20. The highest BCUT2D eigenvalue weighted by Crippen LogP contribution is 2.17. The number of hydrogen-bond donors (Lipinski definition) is 1. The van der Waals surface area contributed by atoms with Crippen molar-refractivity contribution in [1.82, 2.24) is 5.32 Å². The van der Waals surface area contributed by atoms with Crippen molar-refractivity contribution in [3.63, 3.8) is 0 Å². The van der Waals surface area contributed by atoms with Gasteiger partial charge in [-0.3, -0.25) is 0 Å². The Morgan fingerprint density at radius 3 is 2.65 bits per heavy atom. The summed E-state index contributed by atoms with van der Waals surface area (Å²) in [7, 11) is 0. The van der Waals surface area contributed by atoms with E-state index in [1.54, 1.807) is 12.1 Å². The van der Waals surface area contributed by atoms with Crippen molar-refractivity contribution < 1.29 is 4.39 Å². The maximum atomic E-state index is 13.6. The first-order valence-electron chi connectivity index (χ1n) is 6.34. The Hall–Kier alpha value is -0.600. The molecular weight excluding hydrogens is 237 g/mol. The van der Waals surface area contributed by atoms with E-state index in [9.17, 15) is 4.39 Å². The van der Waals surface area contributed by atoms with Crippen molar-refractivity contribution in [2.45, 2.75) is 45.6 Å². The Bertz CT molecular complexity index is 335. The predicted molar refractivity (Wildman–Crippen MR) is 72.1 cm³/mol. The molecule has 0 aliphatic carbocycles. The number of aryl methyl sites for hydroxylation is 1. The smallest absolute Gasteiger partial charge is 0.127 e. The quantitative estimate of drug-likeness (QED) is 0.772. The third-order valence-electron chi connectivity index (χ3n) is 2.91. The standard InChI is InChI=1S/C14H21ClFN/c1-3-5-13(17-4-2)9-7-11-6-8-12(15)10-14(11)16/h6,8,10,13,17H,3-5,7,9H2,1-2H3. The summed E-state index contributed by atoms with van der Waals surface area (Å²) in [6.45, 7) is 5.24. The molecule has 0 spiro atoms. The lowest BCUT2D eigenvalue weighted by Gasteiger charge is -2.17. The zero-order valence-corrected chi connectivity index (χ0v) is 11.4. The van der Waals surface area contributed by atoms with Crippen molar-refractivity contribution in [3.8, 4) is 0 Å². The summed E-state index contributed by atoms with van der Waals surface area (Å²) in [6.07, 6.45) is 4.03. The molecule has 1 aromatic rings. The van der Waals surface area contributed by atoms with Gasteiger partial charge in [0.05, 0.1) is 0 Å². The summed E-state index contributed by atoms with van der Waals surface area (Å²) in [5, 5.41) is 3.90. The summed E-state index contributed by atoms with van der Waals surface area (Å²) in [5.74, 6) is -0.191. The summed E-state index contributed by atoms with van der Waals surface area (Å²) in [5.41, 5.74) is 0.758. The molecule has 0 fully saturated rings. The molecule has 1 nitrogen and oxygen atoms in total. The maximum Gasteiger partial charge on any atom is 0.127 e. The predicted octanol–water partition coefficient (Wildman–Crippen LogP) is 4.19. The number of benzene rings is 1. The summed E-state index contributed by atoms with van der Waals surface area (Å²) in [6, 6.07) is 5.41. The van der Waals surface area contributed by atoms with E-state index in [0.717, 1.165) is 37.8 Å². The minimum Gasteiger partial charge on any atom is -0.314 e. The molecule has 0 radical (unpaired) electrons. The first-order chi connectivity index (χ1) is 8.17. The zero-order chi connectivity index (χ0) is 12.7. The monoisotopic (exact) mass is 257 g/mol. The Balaban J connectivity index is 2.52. The second-order valence-electron chi connectivity index (χ2n) is 4.32. The lowest BCUT2D eigenvalue weighted by molar-refractivity contribution is 0.455. The van der Waals surface area contributed by atoms with Gasteiger partial charge < -0.3 is 5.32 Å². The van der Waals surface area contributed by atoms with Crippen molar-refractivity contribution in [2.75, 3.05) is 6.54 Å². The molecule has 96 valence electrons. The van der Waals surface area contributed by atoms with Crippen LogP contribution in [0.1, 0.15) is 38.7 Å². The van der Waals surface area contributed by atoms with Gasteiger partial charge in [-0.05, 0) is 43.5 Å². The van der Waals surface area contributed by atoms with Gasteiger partial charge in [-0.25, -0.2) is 4.39 Å². The molecule has 0 amide bonds. The third kappa shape index (κ3) is 5.05. The van der Waals surface area contributed by atoms with E-state index in [1.807, 2.05) is 0 Å². The van der Waals surface area contributed by atoms with Crippen molar-refractivity contribution in [1.29, 1.82) is 0 Å². The van der Waals surface area contributed by atoms with Crippen LogP contribution < -0.4 is 5.32 Å². The van der Waals surface area contributed by atoms with Gasteiger partial charge in [-0.2, -0.15) is 0 Å². The van der Waals surface area contributed by atoms with Gasteiger partial charge in [0.1, 0.15) is 5.82 Å². The molecule has 0 aliphatic rings. The van der Waals surface area contributed by atoms with Crippen molar-refractivity contribution in [2.24, 2.45) is 0 Å². The van der Waals surface area contributed by atoms with Crippen LogP contribution >= 0.6 is 11.6 Å². The average molecular weight is 258 g/mol. The molecule has 1 unspecified atom stereocenters. The Labute approximate surface area is 108 Å². The largest absolute Gasteiger partial charge is 0.314 e. The van der Waals surface area contributed by atoms with E-state index in [2.05, 4.69) is 19.2 Å². The minimum absolute atomic E-state index is 0.191. The SMILES string of the molecule is CCCC(CCc1ccc(Cl)cc1F)NCC. The summed E-state index contributed by atoms with van der Waals surface area (Å²) >= 11 is 5.73. The fourth-order valence-electron chi connectivity index (χ4n) is 2.04. The number of halogens is 2. The molecule has 0 heterocycles. The second kappa shape index (κ2) is 7.67. The second-order valence-corrected chi connectivity index (χ2v) is 4.75. The van der Waals surface area contributed by atoms with Gasteiger partial charge in [0.25, 0.3) is 0 Å². The van der Waals surface area contributed by atoms with Crippen molar-refractivity contribution in [3.05, 3.63) is 34.6 Å². The lowest BCUT2D eigenvalue weighted by atomic mass is 10.0. The van der Waals surface area contributed by atoms with Crippen LogP contribution in [0, 0.1) is 5.82 Å². The topological polar surface area (TPSA) is 12.0 Å². The van der Waals surface area contributed by atoms with Crippen LogP contribution in [0.5, 0.6) is 0 Å². The van der Waals surface area contributed by atoms with Crippen LogP contribution in [0.2, 0.25) is 5.02 Å². The van der Waals surface area contributed by atoms with Crippen LogP contribution in [0.15, 0.2) is 18.2 Å². The van der Waals surface area contributed by atoms with Crippen molar-refractivity contribution >= 4 is 11.6 Å². The Morgan fingerprint density at radius 1 is 1.29 bits per heavy atom.